The molecule has 4 aromatic heterocycles. The number of nitrogens with zero attached hydrogens (tertiary/aromatic N) is 8. The second kappa shape index (κ2) is 13.6. The smallest absolute Gasteiger partial charge is 0.410 e. The van der Waals surface area contributed by atoms with Gasteiger partial charge in [-0.2, -0.15) is 10.2 Å². The number of hydrogen-bond acceptors (Lipinski definition) is 8. The van der Waals surface area contributed by atoms with Crippen LogP contribution in [0.25, 0.3) is 11.3 Å². The summed E-state index contributed by atoms with van der Waals surface area (Å²) < 4.78 is 8.93. The zero-order valence-corrected chi connectivity index (χ0v) is 31.3. The minimum absolute atomic E-state index is 0.0235. The molecule has 4 aromatic rings. The van der Waals surface area contributed by atoms with Gasteiger partial charge in [0.05, 0.1) is 29.3 Å². The van der Waals surface area contributed by atoms with Gasteiger partial charge in [0.2, 0.25) is 0 Å². The molecule has 5 rings (SSSR count). The monoisotopic (exact) mass is 688 g/mol. The van der Waals surface area contributed by atoms with Crippen molar-refractivity contribution in [3.63, 3.8) is 0 Å². The van der Waals surface area contributed by atoms with Crippen LogP contribution in [0, 0.1) is 0 Å². The van der Waals surface area contributed by atoms with Crippen molar-refractivity contribution in [2.45, 2.75) is 124 Å². The van der Waals surface area contributed by atoms with Crippen molar-refractivity contribution in [2.24, 2.45) is 0 Å². The average Bonchev–Trinajstić information content (AvgIpc) is 3.65. The number of hydrogen-bond donors (Lipinski definition) is 1. The first-order valence-electron chi connectivity index (χ1n) is 17.6. The van der Waals surface area contributed by atoms with E-state index in [4.69, 9.17) is 19.9 Å². The number of aromatic nitrogens is 6. The average molecular weight is 689 g/mol. The summed E-state index contributed by atoms with van der Waals surface area (Å²) in [6.45, 7) is 23.1. The Bertz CT molecular complexity index is 1920. The zero-order valence-electron chi connectivity index (χ0n) is 31.3. The van der Waals surface area contributed by atoms with Gasteiger partial charge >= 0.3 is 12.1 Å². The van der Waals surface area contributed by atoms with Crippen molar-refractivity contribution in [1.29, 1.82) is 0 Å². The van der Waals surface area contributed by atoms with E-state index < -0.39 is 17.1 Å². The largest absolute Gasteiger partial charge is 0.476 e. The lowest BCUT2D eigenvalue weighted by Crippen LogP contribution is -2.62. The van der Waals surface area contributed by atoms with Crippen molar-refractivity contribution in [1.82, 2.24) is 39.0 Å². The highest BCUT2D eigenvalue weighted by Crippen LogP contribution is 2.33. The number of carboxylic acid groups (broad SMARTS) is 1. The predicted molar refractivity (Wildman–Crippen MR) is 190 cm³/mol. The van der Waals surface area contributed by atoms with Crippen LogP contribution in [0.2, 0.25) is 0 Å². The molecule has 13 heteroatoms. The third-order valence-electron chi connectivity index (χ3n) is 9.46. The van der Waals surface area contributed by atoms with Crippen LogP contribution < -0.4 is 0 Å². The maximum absolute atomic E-state index is 14.0. The summed E-state index contributed by atoms with van der Waals surface area (Å²) in [5, 5.41) is 19.1. The highest BCUT2D eigenvalue weighted by atomic mass is 16.6. The first kappa shape index (κ1) is 36.7. The molecule has 0 bridgehead atoms. The topological polar surface area (TPSA) is 148 Å². The number of carboxylic acids is 1. The minimum Gasteiger partial charge on any atom is -0.476 e. The van der Waals surface area contributed by atoms with Gasteiger partial charge in [-0.05, 0) is 77.3 Å². The van der Waals surface area contributed by atoms with Crippen molar-refractivity contribution in [2.75, 3.05) is 19.6 Å². The summed E-state index contributed by atoms with van der Waals surface area (Å²) in [6, 6.07) is 4.16. The van der Waals surface area contributed by atoms with E-state index in [0.717, 1.165) is 35.4 Å². The third kappa shape index (κ3) is 7.61. The highest BCUT2D eigenvalue weighted by molar-refractivity contribution is 5.94. The van der Waals surface area contributed by atoms with Gasteiger partial charge in [-0.1, -0.05) is 41.5 Å². The number of ether oxygens (including phenoxy) is 1. The molecule has 50 heavy (non-hydrogen) atoms. The van der Waals surface area contributed by atoms with E-state index >= 15 is 0 Å². The molecule has 1 N–H and O–H groups in total. The lowest BCUT2D eigenvalue weighted by Gasteiger charge is -2.46. The van der Waals surface area contributed by atoms with Gasteiger partial charge in [0, 0.05) is 36.7 Å². The van der Waals surface area contributed by atoms with Crippen molar-refractivity contribution in [3.8, 4) is 0 Å². The first-order chi connectivity index (χ1) is 23.3. The lowest BCUT2D eigenvalue weighted by atomic mass is 9.90. The molecular formula is C37H52N8O5. The van der Waals surface area contributed by atoms with Crippen molar-refractivity contribution < 1.29 is 24.2 Å². The van der Waals surface area contributed by atoms with Crippen LogP contribution in [0.5, 0.6) is 0 Å². The molecular weight excluding hydrogens is 636 g/mol. The Morgan fingerprint density at radius 1 is 0.820 bits per heavy atom. The highest BCUT2D eigenvalue weighted by Gasteiger charge is 2.40. The number of rotatable bonds is 9. The number of carbonyl (C=O) groups excluding carboxylic acids is 2. The fraction of sp³-hybridized carbons (Fsp3) is 0.595. The maximum atomic E-state index is 14.0. The summed E-state index contributed by atoms with van der Waals surface area (Å²) in [5.74, 6) is -0.773. The summed E-state index contributed by atoms with van der Waals surface area (Å²) >= 11 is 0. The van der Waals surface area contributed by atoms with Crippen LogP contribution in [0.1, 0.15) is 156 Å². The molecule has 1 aliphatic rings. The normalized spacial score (nSPS) is 16.4. The van der Waals surface area contributed by atoms with E-state index in [2.05, 4.69) is 58.7 Å². The van der Waals surface area contributed by atoms with Gasteiger partial charge in [0.15, 0.2) is 17.0 Å². The fourth-order valence-electron chi connectivity index (χ4n) is 6.51. The molecule has 0 radical (unpaired) electrons. The predicted octanol–water partition coefficient (Wildman–Crippen LogP) is 6.88. The van der Waals surface area contributed by atoms with E-state index in [1.54, 1.807) is 25.0 Å². The second-order valence-electron chi connectivity index (χ2n) is 16.0. The molecule has 0 aromatic carbocycles. The van der Waals surface area contributed by atoms with Crippen LogP contribution in [0.3, 0.4) is 0 Å². The van der Waals surface area contributed by atoms with Gasteiger partial charge in [-0.15, -0.1) is 0 Å². The molecule has 1 aliphatic heterocycles. The van der Waals surface area contributed by atoms with Crippen LogP contribution in [0.15, 0.2) is 24.5 Å². The molecule has 1 fully saturated rings. The summed E-state index contributed by atoms with van der Waals surface area (Å²) in [4.78, 5) is 51.1. The fourth-order valence-corrected chi connectivity index (χ4v) is 6.51. The number of carbonyl (C=O) groups is 3. The van der Waals surface area contributed by atoms with Crippen LogP contribution >= 0.6 is 0 Å². The molecule has 270 valence electrons. The molecule has 0 spiro atoms. The van der Waals surface area contributed by atoms with Crippen LogP contribution in [0.4, 0.5) is 4.79 Å². The van der Waals surface area contributed by atoms with Gasteiger partial charge in [0.1, 0.15) is 11.3 Å². The van der Waals surface area contributed by atoms with Crippen molar-refractivity contribution in [3.05, 3.63) is 58.4 Å². The maximum Gasteiger partial charge on any atom is 0.410 e. The van der Waals surface area contributed by atoms with E-state index in [0.29, 0.717) is 36.6 Å². The SMILES string of the molecule is CC(C)c1cc(C(C)CCC(C)c2cc(C(C)C)c3nc(C(=O)O)cn3n2)c2nc(C(=O)N3CCN(C(=O)OC(C)(C)C)CC3(C)C)cn2n1. The number of amides is 2. The molecule has 1 saturated heterocycles. The van der Waals surface area contributed by atoms with Gasteiger partial charge in [-0.3, -0.25) is 4.79 Å². The Morgan fingerprint density at radius 2 is 1.38 bits per heavy atom. The number of aromatic carboxylic acids is 1. The molecule has 2 amide bonds. The Balaban J connectivity index is 1.38. The molecule has 0 aliphatic carbocycles. The second-order valence-corrected chi connectivity index (χ2v) is 16.0. The molecule has 13 nitrogen and oxygen atoms in total. The standard InChI is InChI=1S/C37H52N8O5/c1-21(2)25-16-28(41-45-19-30(34(47)48)39-31(25)45)24(6)13-12-23(5)26-17-27(22(3)4)40-44-18-29(38-32(26)44)33(46)43-15-14-42(20-37(43,10)11)35(49)50-36(7,8)9/h16-19,21-24H,12-15,20H2,1-11H3,(H,47,48). The third-order valence-corrected chi connectivity index (χ3v) is 9.46. The van der Waals surface area contributed by atoms with E-state index in [1.165, 1.54) is 6.20 Å². The van der Waals surface area contributed by atoms with Crippen LogP contribution in [-0.2, 0) is 4.74 Å². The van der Waals surface area contributed by atoms with Gasteiger partial charge < -0.3 is 19.6 Å². The number of piperazine rings is 1. The molecule has 5 heterocycles. The van der Waals surface area contributed by atoms with Gasteiger partial charge in [-0.25, -0.2) is 28.6 Å². The van der Waals surface area contributed by atoms with E-state index in [1.807, 2.05) is 34.6 Å². The molecule has 2 atom stereocenters. The van der Waals surface area contributed by atoms with Crippen LogP contribution in [-0.4, -0.2) is 92.8 Å². The van der Waals surface area contributed by atoms with E-state index in [9.17, 15) is 19.5 Å². The summed E-state index contributed by atoms with van der Waals surface area (Å²) in [6.07, 6.45) is 4.47. The Hall–Kier alpha value is -4.55. The number of imidazole rings is 2. The lowest BCUT2D eigenvalue weighted by molar-refractivity contribution is -0.0110. The van der Waals surface area contributed by atoms with Gasteiger partial charge in [0.25, 0.3) is 5.91 Å². The summed E-state index contributed by atoms with van der Waals surface area (Å²) in [5.41, 5.74) is 4.07. The molecule has 2 unspecified atom stereocenters. The summed E-state index contributed by atoms with van der Waals surface area (Å²) in [7, 11) is 0. The Kier molecular flexibility index (Phi) is 10.0. The molecule has 0 saturated carbocycles. The first-order valence-corrected chi connectivity index (χ1v) is 17.6. The van der Waals surface area contributed by atoms with E-state index in [-0.39, 0.29) is 41.4 Å². The zero-order chi connectivity index (χ0) is 36.9. The Labute approximate surface area is 294 Å². The quantitative estimate of drug-likeness (QED) is 0.199. The number of fused-ring (bicyclic) bond motifs is 2. The Morgan fingerprint density at radius 3 is 1.96 bits per heavy atom. The minimum atomic E-state index is -1.08. The van der Waals surface area contributed by atoms with Crippen molar-refractivity contribution >= 4 is 29.3 Å².